The minimum atomic E-state index is -0.612. The molecule has 4 rings (SSSR count). The number of benzene rings is 2. The van der Waals surface area contributed by atoms with Crippen LogP contribution in [0.4, 0.5) is 5.69 Å². The van der Waals surface area contributed by atoms with E-state index >= 15 is 0 Å². The van der Waals surface area contributed by atoms with Gasteiger partial charge in [-0.1, -0.05) is 35.3 Å². The predicted molar refractivity (Wildman–Crippen MR) is 92.3 cm³/mol. The van der Waals surface area contributed by atoms with Crippen molar-refractivity contribution in [3.05, 3.63) is 58.8 Å². The summed E-state index contributed by atoms with van der Waals surface area (Å²) in [7, 11) is 0. The molecule has 3 aromatic rings. The first-order valence-corrected chi connectivity index (χ1v) is 8.05. The number of nitrogens with zero attached hydrogens (tertiary/aromatic N) is 3. The van der Waals surface area contributed by atoms with E-state index in [0.717, 1.165) is 15.9 Å². The fraction of sp³-hybridized carbons (Fsp3) is 0.118. The molecule has 1 saturated heterocycles. The number of imide groups is 1. The van der Waals surface area contributed by atoms with Gasteiger partial charge in [-0.15, -0.1) is 0 Å². The summed E-state index contributed by atoms with van der Waals surface area (Å²) in [5, 5.41) is 0.669. The first-order valence-electron chi connectivity index (χ1n) is 7.29. The minimum absolute atomic E-state index is 0.0828. The molecule has 2 heterocycles. The molecule has 1 fully saturated rings. The van der Waals surface area contributed by atoms with E-state index in [1.807, 2.05) is 24.3 Å². The third kappa shape index (κ3) is 2.28. The maximum Gasteiger partial charge on any atom is 0.257 e. The summed E-state index contributed by atoms with van der Waals surface area (Å²) >= 11 is 11.9. The van der Waals surface area contributed by atoms with Gasteiger partial charge in [0.15, 0.2) is 0 Å². The minimum Gasteiger partial charge on any atom is -0.317 e. The van der Waals surface area contributed by atoms with Crippen LogP contribution in [0.15, 0.2) is 48.8 Å². The summed E-state index contributed by atoms with van der Waals surface area (Å²) < 4.78 is 1.74. The van der Waals surface area contributed by atoms with Crippen LogP contribution in [0.1, 0.15) is 12.5 Å². The molecule has 0 unspecified atom stereocenters. The lowest BCUT2D eigenvalue weighted by atomic mass is 10.2. The van der Waals surface area contributed by atoms with Gasteiger partial charge in [-0.2, -0.15) is 0 Å². The predicted octanol–water partition coefficient (Wildman–Crippen LogP) is 3.85. The number of amides is 2. The average Bonchev–Trinajstić information content (AvgIpc) is 3.11. The normalized spacial score (nSPS) is 17.9. The van der Waals surface area contributed by atoms with E-state index in [1.54, 1.807) is 23.0 Å². The first-order chi connectivity index (χ1) is 11.6. The number of hydrogen-bond donors (Lipinski definition) is 0. The molecule has 120 valence electrons. The Balaban J connectivity index is 1.74. The van der Waals surface area contributed by atoms with Crippen molar-refractivity contribution in [2.45, 2.75) is 12.5 Å². The number of rotatable bonds is 2. The standard InChI is InChI=1S/C17H11Cl2N3O2/c18-11-6-5-10(7-12(11)19)22-16(23)8-15(17(22)24)21-9-20-13-3-1-2-4-14(13)21/h1-7,9,15H,8H2/t15-/m0/s1. The second-order valence-corrected chi connectivity index (χ2v) is 6.34. The second-order valence-electron chi connectivity index (χ2n) is 5.53. The molecule has 0 spiro atoms. The third-order valence-electron chi connectivity index (χ3n) is 4.10. The van der Waals surface area contributed by atoms with Crippen LogP contribution in [0.3, 0.4) is 0 Å². The summed E-state index contributed by atoms with van der Waals surface area (Å²) in [4.78, 5) is 30.7. The smallest absolute Gasteiger partial charge is 0.257 e. The van der Waals surface area contributed by atoms with Crippen LogP contribution < -0.4 is 4.90 Å². The number of carbonyl (C=O) groups is 2. The highest BCUT2D eigenvalue weighted by atomic mass is 35.5. The van der Waals surface area contributed by atoms with E-state index in [4.69, 9.17) is 23.2 Å². The SMILES string of the molecule is O=C1C[C@H](n2cnc3ccccc32)C(=O)N1c1ccc(Cl)c(Cl)c1. The van der Waals surface area contributed by atoms with Crippen LogP contribution >= 0.6 is 23.2 Å². The lowest BCUT2D eigenvalue weighted by molar-refractivity contribution is -0.122. The monoisotopic (exact) mass is 359 g/mol. The number of anilines is 1. The molecular formula is C17H11Cl2N3O2. The van der Waals surface area contributed by atoms with Crippen LogP contribution in [0.2, 0.25) is 10.0 Å². The highest BCUT2D eigenvalue weighted by molar-refractivity contribution is 6.42. The molecule has 0 N–H and O–H groups in total. The Hall–Kier alpha value is -2.37. The van der Waals surface area contributed by atoms with Crippen molar-refractivity contribution in [3.63, 3.8) is 0 Å². The van der Waals surface area contributed by atoms with Crippen LogP contribution in [0.5, 0.6) is 0 Å². The molecule has 1 aliphatic heterocycles. The van der Waals surface area contributed by atoms with Crippen LogP contribution in [-0.4, -0.2) is 21.4 Å². The van der Waals surface area contributed by atoms with Crippen LogP contribution in [0.25, 0.3) is 11.0 Å². The van der Waals surface area contributed by atoms with Gasteiger partial charge in [0.05, 0.1) is 39.5 Å². The van der Waals surface area contributed by atoms with Gasteiger partial charge < -0.3 is 4.57 Å². The zero-order valence-corrected chi connectivity index (χ0v) is 13.8. The molecule has 1 aromatic heterocycles. The fourth-order valence-corrected chi connectivity index (χ4v) is 3.25. The molecular weight excluding hydrogens is 349 g/mol. The lowest BCUT2D eigenvalue weighted by Crippen LogP contribution is -2.31. The Labute approximate surface area is 147 Å². The fourth-order valence-electron chi connectivity index (χ4n) is 2.96. The van der Waals surface area contributed by atoms with E-state index in [-0.39, 0.29) is 18.2 Å². The topological polar surface area (TPSA) is 55.2 Å². The zero-order chi connectivity index (χ0) is 16.8. The van der Waals surface area contributed by atoms with Crippen molar-refractivity contribution in [2.24, 2.45) is 0 Å². The van der Waals surface area contributed by atoms with Gasteiger partial charge >= 0.3 is 0 Å². The maximum atomic E-state index is 12.8. The molecule has 0 radical (unpaired) electrons. The highest BCUT2D eigenvalue weighted by Gasteiger charge is 2.41. The Morgan fingerprint density at radius 2 is 1.83 bits per heavy atom. The summed E-state index contributed by atoms with van der Waals surface area (Å²) in [6.07, 6.45) is 1.68. The highest BCUT2D eigenvalue weighted by Crippen LogP contribution is 2.34. The molecule has 2 aromatic carbocycles. The average molecular weight is 360 g/mol. The Morgan fingerprint density at radius 3 is 2.62 bits per heavy atom. The number of halogens is 2. The van der Waals surface area contributed by atoms with Crippen molar-refractivity contribution < 1.29 is 9.59 Å². The van der Waals surface area contributed by atoms with Gasteiger partial charge in [-0.25, -0.2) is 9.88 Å². The van der Waals surface area contributed by atoms with Gasteiger partial charge in [0, 0.05) is 0 Å². The number of hydrogen-bond acceptors (Lipinski definition) is 3. The number of fused-ring (bicyclic) bond motifs is 1. The van der Waals surface area contributed by atoms with Gasteiger partial charge in [-0.3, -0.25) is 9.59 Å². The van der Waals surface area contributed by atoms with Crippen molar-refractivity contribution in [2.75, 3.05) is 4.90 Å². The van der Waals surface area contributed by atoms with E-state index in [1.165, 1.54) is 6.07 Å². The summed E-state index contributed by atoms with van der Waals surface area (Å²) in [5.41, 5.74) is 2.02. The Bertz CT molecular complexity index is 983. The van der Waals surface area contributed by atoms with Crippen molar-refractivity contribution in [3.8, 4) is 0 Å². The molecule has 1 atom stereocenters. The summed E-state index contributed by atoms with van der Waals surface area (Å²) in [6.45, 7) is 0. The quantitative estimate of drug-likeness (QED) is 0.653. The van der Waals surface area contributed by atoms with E-state index in [9.17, 15) is 9.59 Å². The van der Waals surface area contributed by atoms with Crippen molar-refractivity contribution in [1.29, 1.82) is 0 Å². The number of para-hydroxylation sites is 2. The largest absolute Gasteiger partial charge is 0.317 e. The molecule has 1 aliphatic rings. The molecule has 24 heavy (non-hydrogen) atoms. The van der Waals surface area contributed by atoms with Crippen molar-refractivity contribution >= 4 is 51.7 Å². The third-order valence-corrected chi connectivity index (χ3v) is 4.84. The Morgan fingerprint density at radius 1 is 1.04 bits per heavy atom. The second kappa shape index (κ2) is 5.61. The number of imidazole rings is 1. The Kier molecular flexibility index (Phi) is 3.55. The molecule has 7 heteroatoms. The van der Waals surface area contributed by atoms with Gasteiger partial charge in [0.25, 0.3) is 5.91 Å². The van der Waals surface area contributed by atoms with Gasteiger partial charge in [0.1, 0.15) is 6.04 Å². The van der Waals surface area contributed by atoms with Gasteiger partial charge in [0.2, 0.25) is 5.91 Å². The van der Waals surface area contributed by atoms with Crippen LogP contribution in [0, 0.1) is 0 Å². The lowest BCUT2D eigenvalue weighted by Gasteiger charge is -2.16. The maximum absolute atomic E-state index is 12.8. The van der Waals surface area contributed by atoms with Crippen molar-refractivity contribution in [1.82, 2.24) is 9.55 Å². The molecule has 5 nitrogen and oxygen atoms in total. The van der Waals surface area contributed by atoms with E-state index < -0.39 is 6.04 Å². The molecule has 0 saturated carbocycles. The number of aromatic nitrogens is 2. The summed E-state index contributed by atoms with van der Waals surface area (Å²) in [6, 6.07) is 11.6. The molecule has 0 bridgehead atoms. The molecule has 0 aliphatic carbocycles. The zero-order valence-electron chi connectivity index (χ0n) is 12.3. The van der Waals surface area contributed by atoms with E-state index in [0.29, 0.717) is 15.7 Å². The van der Waals surface area contributed by atoms with E-state index in [2.05, 4.69) is 4.98 Å². The number of carbonyl (C=O) groups excluding carboxylic acids is 2. The first kappa shape index (κ1) is 15.2. The van der Waals surface area contributed by atoms with Gasteiger partial charge in [-0.05, 0) is 30.3 Å². The molecule has 2 amide bonds. The summed E-state index contributed by atoms with van der Waals surface area (Å²) in [5.74, 6) is -0.581. The van der Waals surface area contributed by atoms with Crippen LogP contribution in [-0.2, 0) is 9.59 Å².